The Balaban J connectivity index is 1.87. The minimum atomic E-state index is -3.17. The average Bonchev–Trinajstić information content (AvgIpc) is 2.54. The molecule has 0 spiro atoms. The highest BCUT2D eigenvalue weighted by molar-refractivity contribution is 7.88. The summed E-state index contributed by atoms with van der Waals surface area (Å²) in [5.74, 6) is 0.134. The largest absolute Gasteiger partial charge is 0.338 e. The second-order valence-corrected chi connectivity index (χ2v) is 8.54. The Morgan fingerprint density at radius 3 is 2.83 bits per heavy atom. The molecule has 0 bridgehead atoms. The number of carbonyl (C=O) groups excluding carboxylic acids is 1. The lowest BCUT2D eigenvalue weighted by atomic mass is 10.00. The smallest absolute Gasteiger partial charge is 0.319 e. The van der Waals surface area contributed by atoms with Gasteiger partial charge in [-0.25, -0.2) is 17.5 Å². The molecule has 1 aromatic rings. The summed E-state index contributed by atoms with van der Waals surface area (Å²) in [7, 11) is -3.17. The highest BCUT2D eigenvalue weighted by Gasteiger charge is 2.26. The van der Waals surface area contributed by atoms with Crippen molar-refractivity contribution in [3.8, 4) is 0 Å². The van der Waals surface area contributed by atoms with Crippen LogP contribution in [-0.2, 0) is 16.4 Å². The molecule has 1 unspecified atom stereocenters. The number of anilines is 1. The Hall–Kier alpha value is -1.31. The minimum absolute atomic E-state index is 0.134. The summed E-state index contributed by atoms with van der Waals surface area (Å²) in [5.41, 5.74) is 1.71. The fourth-order valence-corrected chi connectivity index (χ4v) is 4.01. The molecule has 0 radical (unpaired) electrons. The molecule has 0 aliphatic carbocycles. The topological polar surface area (TPSA) is 78.5 Å². The van der Waals surface area contributed by atoms with Crippen molar-refractivity contribution in [2.24, 2.45) is 5.92 Å². The standard InChI is InChI=1S/C16H24ClN3O3S/c1-3-13-9-14(17)6-7-15(13)19-16(21)18-10-12-5-4-8-20(11-12)24(2,22)23/h6-7,9,12H,3-5,8,10-11H2,1-2H3,(H2,18,19,21). The van der Waals surface area contributed by atoms with Crippen LogP contribution in [0.5, 0.6) is 0 Å². The number of nitrogens with zero attached hydrogens (tertiary/aromatic N) is 1. The Bertz CT molecular complexity index is 694. The number of piperidine rings is 1. The summed E-state index contributed by atoms with van der Waals surface area (Å²) in [6.45, 7) is 3.47. The Labute approximate surface area is 148 Å². The quantitative estimate of drug-likeness (QED) is 0.832. The Morgan fingerprint density at radius 1 is 1.42 bits per heavy atom. The zero-order valence-electron chi connectivity index (χ0n) is 14.0. The van der Waals surface area contributed by atoms with E-state index in [-0.39, 0.29) is 11.9 Å². The van der Waals surface area contributed by atoms with Crippen molar-refractivity contribution in [2.45, 2.75) is 26.2 Å². The zero-order chi connectivity index (χ0) is 17.7. The molecule has 0 saturated carbocycles. The van der Waals surface area contributed by atoms with E-state index >= 15 is 0 Å². The van der Waals surface area contributed by atoms with Gasteiger partial charge in [0.2, 0.25) is 10.0 Å². The van der Waals surface area contributed by atoms with Crippen LogP contribution in [0.15, 0.2) is 18.2 Å². The summed E-state index contributed by atoms with van der Waals surface area (Å²) in [5, 5.41) is 6.30. The maximum Gasteiger partial charge on any atom is 0.319 e. The third kappa shape index (κ3) is 5.36. The molecule has 1 atom stereocenters. The molecule has 1 aliphatic rings. The van der Waals surface area contributed by atoms with Gasteiger partial charge in [0.1, 0.15) is 0 Å². The number of hydrogen-bond donors (Lipinski definition) is 2. The molecule has 1 saturated heterocycles. The number of aryl methyl sites for hydroxylation is 1. The summed E-state index contributed by atoms with van der Waals surface area (Å²) in [4.78, 5) is 12.1. The van der Waals surface area contributed by atoms with Gasteiger partial charge < -0.3 is 10.6 Å². The molecule has 134 valence electrons. The van der Waals surface area contributed by atoms with Crippen LogP contribution in [0.4, 0.5) is 10.5 Å². The number of hydrogen-bond acceptors (Lipinski definition) is 3. The number of amides is 2. The maximum absolute atomic E-state index is 12.1. The van der Waals surface area contributed by atoms with Crippen LogP contribution in [0.25, 0.3) is 0 Å². The van der Waals surface area contributed by atoms with Crippen molar-refractivity contribution in [3.05, 3.63) is 28.8 Å². The van der Waals surface area contributed by atoms with Gasteiger partial charge in [0.15, 0.2) is 0 Å². The highest BCUT2D eigenvalue weighted by Crippen LogP contribution is 2.21. The lowest BCUT2D eigenvalue weighted by Gasteiger charge is -2.31. The van der Waals surface area contributed by atoms with Crippen molar-refractivity contribution < 1.29 is 13.2 Å². The number of nitrogens with one attached hydrogen (secondary N) is 2. The van der Waals surface area contributed by atoms with Crippen LogP contribution < -0.4 is 10.6 Å². The van der Waals surface area contributed by atoms with E-state index < -0.39 is 10.0 Å². The molecule has 1 fully saturated rings. The van der Waals surface area contributed by atoms with Gasteiger partial charge in [-0.2, -0.15) is 0 Å². The van der Waals surface area contributed by atoms with E-state index in [1.807, 2.05) is 13.0 Å². The summed E-state index contributed by atoms with van der Waals surface area (Å²) in [6, 6.07) is 5.07. The average molecular weight is 374 g/mol. The van der Waals surface area contributed by atoms with Crippen LogP contribution >= 0.6 is 11.6 Å². The molecule has 1 heterocycles. The van der Waals surface area contributed by atoms with Gasteiger partial charge in [-0.15, -0.1) is 0 Å². The molecule has 0 aromatic heterocycles. The van der Waals surface area contributed by atoms with Crippen molar-refractivity contribution in [1.82, 2.24) is 9.62 Å². The van der Waals surface area contributed by atoms with Crippen molar-refractivity contribution in [1.29, 1.82) is 0 Å². The molecule has 24 heavy (non-hydrogen) atoms. The minimum Gasteiger partial charge on any atom is -0.338 e. The van der Waals surface area contributed by atoms with Gasteiger partial charge in [-0.1, -0.05) is 18.5 Å². The van der Waals surface area contributed by atoms with E-state index in [4.69, 9.17) is 11.6 Å². The molecule has 1 aliphatic heterocycles. The Kier molecular flexibility index (Phi) is 6.48. The van der Waals surface area contributed by atoms with Crippen LogP contribution in [0.3, 0.4) is 0 Å². The fourth-order valence-electron chi connectivity index (χ4n) is 2.87. The summed E-state index contributed by atoms with van der Waals surface area (Å²) >= 11 is 5.96. The first-order chi connectivity index (χ1) is 11.3. The number of benzene rings is 1. The molecule has 8 heteroatoms. The van der Waals surface area contributed by atoms with Crippen LogP contribution in [0.2, 0.25) is 5.02 Å². The third-order valence-electron chi connectivity index (χ3n) is 4.20. The summed E-state index contributed by atoms with van der Waals surface area (Å²) in [6.07, 6.45) is 3.72. The molecular formula is C16H24ClN3O3S. The number of rotatable bonds is 5. The van der Waals surface area contributed by atoms with E-state index in [0.717, 1.165) is 30.5 Å². The lowest BCUT2D eigenvalue weighted by Crippen LogP contribution is -2.43. The molecule has 6 nitrogen and oxygen atoms in total. The van der Waals surface area contributed by atoms with E-state index in [0.29, 0.717) is 24.7 Å². The second kappa shape index (κ2) is 8.18. The monoisotopic (exact) mass is 373 g/mol. The van der Waals surface area contributed by atoms with E-state index in [1.54, 1.807) is 12.1 Å². The van der Waals surface area contributed by atoms with E-state index in [9.17, 15) is 13.2 Å². The first-order valence-corrected chi connectivity index (χ1v) is 10.3. The van der Waals surface area contributed by atoms with Gasteiger partial charge in [0, 0.05) is 30.3 Å². The van der Waals surface area contributed by atoms with Crippen molar-refractivity contribution >= 4 is 33.3 Å². The number of sulfonamides is 1. The highest BCUT2D eigenvalue weighted by atomic mass is 35.5. The van der Waals surface area contributed by atoms with Crippen LogP contribution in [0.1, 0.15) is 25.3 Å². The van der Waals surface area contributed by atoms with Gasteiger partial charge in [0.05, 0.1) is 6.26 Å². The van der Waals surface area contributed by atoms with Crippen LogP contribution in [0, 0.1) is 5.92 Å². The maximum atomic E-state index is 12.1. The molecule has 1 aromatic carbocycles. The van der Waals surface area contributed by atoms with E-state index in [1.165, 1.54) is 10.6 Å². The van der Waals surface area contributed by atoms with Gasteiger partial charge in [-0.3, -0.25) is 0 Å². The van der Waals surface area contributed by atoms with Gasteiger partial charge in [0.25, 0.3) is 0 Å². The van der Waals surface area contributed by atoms with Crippen LogP contribution in [-0.4, -0.2) is 44.6 Å². The van der Waals surface area contributed by atoms with E-state index in [2.05, 4.69) is 10.6 Å². The predicted octanol–water partition coefficient (Wildman–Crippen LogP) is 2.70. The first-order valence-electron chi connectivity index (χ1n) is 8.08. The molecule has 2 rings (SSSR count). The fraction of sp³-hybridized carbons (Fsp3) is 0.562. The summed E-state index contributed by atoms with van der Waals surface area (Å²) < 4.78 is 24.7. The second-order valence-electron chi connectivity index (χ2n) is 6.12. The number of urea groups is 1. The van der Waals surface area contributed by atoms with Gasteiger partial charge >= 0.3 is 6.03 Å². The number of halogens is 1. The SMILES string of the molecule is CCc1cc(Cl)ccc1NC(=O)NCC1CCCN(S(C)(=O)=O)C1. The first kappa shape index (κ1) is 19.0. The zero-order valence-corrected chi connectivity index (χ0v) is 15.6. The normalized spacial score (nSPS) is 19.0. The molecular weight excluding hydrogens is 350 g/mol. The van der Waals surface area contributed by atoms with Gasteiger partial charge in [-0.05, 0) is 48.9 Å². The Morgan fingerprint density at radius 2 is 2.17 bits per heavy atom. The van der Waals surface area contributed by atoms with Crippen molar-refractivity contribution in [2.75, 3.05) is 31.2 Å². The lowest BCUT2D eigenvalue weighted by molar-refractivity contribution is 0.239. The molecule has 2 amide bonds. The third-order valence-corrected chi connectivity index (χ3v) is 5.70. The van der Waals surface area contributed by atoms with Crippen molar-refractivity contribution in [3.63, 3.8) is 0 Å². The molecule has 2 N–H and O–H groups in total. The predicted molar refractivity (Wildman–Crippen MR) is 97.0 cm³/mol. The number of carbonyl (C=O) groups is 1.